The van der Waals surface area contributed by atoms with Crippen molar-refractivity contribution >= 4 is 33.2 Å². The molecule has 1 rings (SSSR count). The molecule has 1 aromatic carbocycles. The summed E-state index contributed by atoms with van der Waals surface area (Å²) in [6.07, 6.45) is 0. The zero-order chi connectivity index (χ0) is 8.27. The Labute approximate surface area is 77.7 Å². The first kappa shape index (κ1) is 8.81. The maximum absolute atomic E-state index is 12.8. The SMILES string of the molecule is Fc1ccc(Br)cc1NCCl. The van der Waals surface area contributed by atoms with Gasteiger partial charge in [0.15, 0.2) is 0 Å². The smallest absolute Gasteiger partial charge is 0.146 e. The van der Waals surface area contributed by atoms with E-state index < -0.39 is 0 Å². The van der Waals surface area contributed by atoms with E-state index in [2.05, 4.69) is 21.2 Å². The maximum atomic E-state index is 12.8. The second-order valence-electron chi connectivity index (χ2n) is 1.93. The van der Waals surface area contributed by atoms with Gasteiger partial charge in [-0.2, -0.15) is 0 Å². The lowest BCUT2D eigenvalue weighted by molar-refractivity contribution is 0.631. The fourth-order valence-electron chi connectivity index (χ4n) is 0.705. The molecule has 0 atom stereocenters. The van der Waals surface area contributed by atoms with Crippen molar-refractivity contribution in [3.63, 3.8) is 0 Å². The lowest BCUT2D eigenvalue weighted by atomic mass is 10.3. The fraction of sp³-hybridized carbons (Fsp3) is 0.143. The molecule has 0 aliphatic rings. The van der Waals surface area contributed by atoms with E-state index in [1.807, 2.05) is 0 Å². The summed E-state index contributed by atoms with van der Waals surface area (Å²) >= 11 is 8.58. The van der Waals surface area contributed by atoms with E-state index in [1.165, 1.54) is 6.07 Å². The minimum absolute atomic E-state index is 0.202. The fourth-order valence-corrected chi connectivity index (χ4v) is 1.21. The summed E-state index contributed by atoms with van der Waals surface area (Å²) in [7, 11) is 0. The molecule has 0 amide bonds. The molecule has 0 bridgehead atoms. The summed E-state index contributed by atoms with van der Waals surface area (Å²) < 4.78 is 13.6. The van der Waals surface area contributed by atoms with Crippen molar-refractivity contribution in [1.82, 2.24) is 0 Å². The molecule has 4 heteroatoms. The van der Waals surface area contributed by atoms with Crippen LogP contribution in [0, 0.1) is 5.82 Å². The van der Waals surface area contributed by atoms with E-state index >= 15 is 0 Å². The van der Waals surface area contributed by atoms with Crippen LogP contribution in [-0.2, 0) is 0 Å². The first-order valence-electron chi connectivity index (χ1n) is 2.99. The van der Waals surface area contributed by atoms with Crippen LogP contribution >= 0.6 is 27.5 Å². The number of halogens is 3. The average molecular weight is 238 g/mol. The van der Waals surface area contributed by atoms with Crippen molar-refractivity contribution in [2.24, 2.45) is 0 Å². The highest BCUT2D eigenvalue weighted by molar-refractivity contribution is 9.10. The molecule has 11 heavy (non-hydrogen) atoms. The zero-order valence-corrected chi connectivity index (χ0v) is 7.91. The summed E-state index contributed by atoms with van der Waals surface area (Å²) in [5.74, 6) is -0.297. The predicted molar refractivity (Wildman–Crippen MR) is 48.4 cm³/mol. The molecule has 0 aromatic heterocycles. The molecule has 0 heterocycles. The molecular formula is C7H6BrClFN. The summed E-state index contributed by atoms with van der Waals surface area (Å²) in [5, 5.41) is 2.68. The maximum Gasteiger partial charge on any atom is 0.146 e. The highest BCUT2D eigenvalue weighted by Crippen LogP contribution is 2.19. The number of hydrogen-bond donors (Lipinski definition) is 1. The molecule has 1 nitrogen and oxygen atoms in total. The van der Waals surface area contributed by atoms with Gasteiger partial charge in [-0.15, -0.1) is 11.6 Å². The van der Waals surface area contributed by atoms with E-state index in [9.17, 15) is 4.39 Å². The molecule has 60 valence electrons. The average Bonchev–Trinajstić information content (AvgIpc) is 1.98. The second-order valence-corrected chi connectivity index (χ2v) is 3.12. The van der Waals surface area contributed by atoms with Crippen LogP contribution in [0.1, 0.15) is 0 Å². The molecule has 0 saturated heterocycles. The quantitative estimate of drug-likeness (QED) is 0.616. The Morgan fingerprint density at radius 1 is 1.55 bits per heavy atom. The molecule has 1 aromatic rings. The third-order valence-electron chi connectivity index (χ3n) is 1.19. The van der Waals surface area contributed by atoms with Gasteiger partial charge in [-0.25, -0.2) is 4.39 Å². The van der Waals surface area contributed by atoms with Gasteiger partial charge >= 0.3 is 0 Å². The van der Waals surface area contributed by atoms with Gasteiger partial charge < -0.3 is 5.32 Å². The van der Waals surface area contributed by atoms with Crippen LogP contribution in [0.15, 0.2) is 22.7 Å². The summed E-state index contributed by atoms with van der Waals surface area (Å²) in [6.45, 7) is 0. The first-order valence-corrected chi connectivity index (χ1v) is 4.31. The van der Waals surface area contributed by atoms with E-state index in [4.69, 9.17) is 11.6 Å². The number of hydrogen-bond acceptors (Lipinski definition) is 1. The lowest BCUT2D eigenvalue weighted by Crippen LogP contribution is -1.96. The van der Waals surface area contributed by atoms with E-state index in [0.717, 1.165) is 4.47 Å². The predicted octanol–water partition coefficient (Wildman–Crippen LogP) is 3.20. The minimum Gasteiger partial charge on any atom is -0.369 e. The topological polar surface area (TPSA) is 12.0 Å². The van der Waals surface area contributed by atoms with Crippen molar-refractivity contribution in [1.29, 1.82) is 0 Å². The van der Waals surface area contributed by atoms with Gasteiger partial charge in [0.25, 0.3) is 0 Å². The van der Waals surface area contributed by atoms with Crippen LogP contribution < -0.4 is 5.32 Å². The molecule has 0 fully saturated rings. The molecular weight excluding hydrogens is 232 g/mol. The third-order valence-corrected chi connectivity index (χ3v) is 1.81. The zero-order valence-electron chi connectivity index (χ0n) is 5.57. The summed E-state index contributed by atoms with van der Waals surface area (Å²) in [6, 6.07) is 4.85. The normalized spacial score (nSPS) is 9.73. The summed E-state index contributed by atoms with van der Waals surface area (Å²) in [4.78, 5) is 0. The monoisotopic (exact) mass is 237 g/mol. The Morgan fingerprint density at radius 3 is 2.91 bits per heavy atom. The molecule has 0 radical (unpaired) electrons. The molecule has 1 N–H and O–H groups in total. The van der Waals surface area contributed by atoms with Crippen molar-refractivity contribution in [3.05, 3.63) is 28.5 Å². The molecule has 0 aliphatic carbocycles. The Bertz CT molecular complexity index is 254. The summed E-state index contributed by atoms with van der Waals surface area (Å²) in [5.41, 5.74) is 0.411. The van der Waals surface area contributed by atoms with Crippen LogP contribution in [0.4, 0.5) is 10.1 Å². The minimum atomic E-state index is -0.297. The van der Waals surface area contributed by atoms with Gasteiger partial charge in [-0.05, 0) is 18.2 Å². The highest BCUT2D eigenvalue weighted by atomic mass is 79.9. The van der Waals surface area contributed by atoms with Gasteiger partial charge in [-0.3, -0.25) is 0 Å². The van der Waals surface area contributed by atoms with Crippen LogP contribution in [0.2, 0.25) is 0 Å². The lowest BCUT2D eigenvalue weighted by Gasteiger charge is -2.03. The standard InChI is InChI=1S/C7H6BrClFN/c8-5-1-2-6(10)7(3-5)11-4-9/h1-3,11H,4H2. The van der Waals surface area contributed by atoms with Crippen molar-refractivity contribution in [3.8, 4) is 0 Å². The Morgan fingerprint density at radius 2 is 2.27 bits per heavy atom. The van der Waals surface area contributed by atoms with Gasteiger partial charge in [0.05, 0.1) is 11.7 Å². The second kappa shape index (κ2) is 3.93. The van der Waals surface area contributed by atoms with Gasteiger partial charge in [-0.1, -0.05) is 15.9 Å². The van der Waals surface area contributed by atoms with Crippen LogP contribution in [0.3, 0.4) is 0 Å². The van der Waals surface area contributed by atoms with Crippen molar-refractivity contribution < 1.29 is 4.39 Å². The van der Waals surface area contributed by atoms with E-state index in [1.54, 1.807) is 12.1 Å². The van der Waals surface area contributed by atoms with Crippen molar-refractivity contribution in [2.45, 2.75) is 0 Å². The number of alkyl halides is 1. The number of nitrogens with one attached hydrogen (secondary N) is 1. The molecule has 0 aliphatic heterocycles. The molecule has 0 saturated carbocycles. The number of benzene rings is 1. The van der Waals surface area contributed by atoms with E-state index in [0.29, 0.717) is 5.69 Å². The van der Waals surface area contributed by atoms with Gasteiger partial charge in [0.1, 0.15) is 5.82 Å². The molecule has 0 unspecified atom stereocenters. The number of rotatable bonds is 2. The highest BCUT2D eigenvalue weighted by Gasteiger charge is 1.99. The largest absolute Gasteiger partial charge is 0.369 e. The first-order chi connectivity index (χ1) is 5.24. The van der Waals surface area contributed by atoms with Crippen LogP contribution in [0.25, 0.3) is 0 Å². The van der Waals surface area contributed by atoms with Gasteiger partial charge in [0.2, 0.25) is 0 Å². The number of anilines is 1. The van der Waals surface area contributed by atoms with Crippen LogP contribution in [-0.4, -0.2) is 6.00 Å². The van der Waals surface area contributed by atoms with Crippen LogP contribution in [0.5, 0.6) is 0 Å². The Hall–Kier alpha value is -0.280. The van der Waals surface area contributed by atoms with Gasteiger partial charge in [0, 0.05) is 4.47 Å². The molecule has 0 spiro atoms. The van der Waals surface area contributed by atoms with Crippen molar-refractivity contribution in [2.75, 3.05) is 11.3 Å². The third kappa shape index (κ3) is 2.34. The Balaban J connectivity index is 2.93. The Kier molecular flexibility index (Phi) is 3.15. The van der Waals surface area contributed by atoms with E-state index in [-0.39, 0.29) is 11.8 Å².